The van der Waals surface area contributed by atoms with Gasteiger partial charge >= 0.3 is 6.09 Å². The molecular weight excluding hydrogens is 446 g/mol. The molecule has 3 amide bonds. The highest BCUT2D eigenvalue weighted by molar-refractivity contribution is 5.92. The van der Waals surface area contributed by atoms with E-state index in [0.29, 0.717) is 31.5 Å². The van der Waals surface area contributed by atoms with Crippen LogP contribution in [0.5, 0.6) is 5.75 Å². The smallest absolute Gasteiger partial charge is 0.408 e. The van der Waals surface area contributed by atoms with Crippen LogP contribution in [0, 0.1) is 5.92 Å². The van der Waals surface area contributed by atoms with Crippen molar-refractivity contribution in [2.75, 3.05) is 13.1 Å². The summed E-state index contributed by atoms with van der Waals surface area (Å²) < 4.78 is 5.39. The zero-order valence-electron chi connectivity index (χ0n) is 22.5. The van der Waals surface area contributed by atoms with Crippen LogP contribution in [0.25, 0.3) is 0 Å². The number of phenols is 1. The fourth-order valence-corrected chi connectivity index (χ4v) is 3.76. The van der Waals surface area contributed by atoms with Gasteiger partial charge in [-0.3, -0.25) is 9.59 Å². The predicted molar refractivity (Wildman–Crippen MR) is 138 cm³/mol. The average molecular weight is 492 g/mol. The lowest BCUT2D eigenvalue weighted by atomic mass is 9.99. The fraction of sp³-hybridized carbons (Fsp3) is 0.667. The molecule has 2 atom stereocenters. The summed E-state index contributed by atoms with van der Waals surface area (Å²) >= 11 is 0. The number of rotatable bonds is 13. The Morgan fingerprint density at radius 3 is 2.17 bits per heavy atom. The lowest BCUT2D eigenvalue weighted by Gasteiger charge is -2.35. The molecule has 1 aromatic carbocycles. The molecule has 35 heavy (non-hydrogen) atoms. The molecule has 0 heterocycles. The van der Waals surface area contributed by atoms with Crippen molar-refractivity contribution in [1.29, 1.82) is 0 Å². The molecule has 8 nitrogen and oxygen atoms in total. The minimum atomic E-state index is -0.889. The van der Waals surface area contributed by atoms with Gasteiger partial charge < -0.3 is 25.4 Å². The van der Waals surface area contributed by atoms with E-state index in [1.165, 1.54) is 17.0 Å². The number of nitrogens with zero attached hydrogens (tertiary/aromatic N) is 1. The van der Waals surface area contributed by atoms with Crippen molar-refractivity contribution >= 4 is 17.9 Å². The van der Waals surface area contributed by atoms with E-state index in [-0.39, 0.29) is 23.5 Å². The van der Waals surface area contributed by atoms with Crippen LogP contribution in [0.3, 0.4) is 0 Å². The second-order valence-electron chi connectivity index (χ2n) is 10.4. The number of phenolic OH excluding ortho intramolecular Hbond substituents is 1. The number of carbonyl (C=O) groups excluding carboxylic acids is 3. The molecule has 0 aliphatic rings. The molecule has 0 fully saturated rings. The maximum Gasteiger partial charge on any atom is 0.408 e. The summed E-state index contributed by atoms with van der Waals surface area (Å²) in [7, 11) is 0. The van der Waals surface area contributed by atoms with Gasteiger partial charge in [0, 0.05) is 13.1 Å². The number of hydrogen-bond acceptors (Lipinski definition) is 5. The Labute approximate surface area is 210 Å². The van der Waals surface area contributed by atoms with Crippen LogP contribution >= 0.6 is 0 Å². The third-order valence-corrected chi connectivity index (χ3v) is 5.29. The number of carbonyl (C=O) groups is 3. The largest absolute Gasteiger partial charge is 0.508 e. The van der Waals surface area contributed by atoms with Crippen molar-refractivity contribution in [3.8, 4) is 5.75 Å². The Morgan fingerprint density at radius 1 is 1.03 bits per heavy atom. The molecule has 0 spiro atoms. The van der Waals surface area contributed by atoms with Crippen LogP contribution in [0.1, 0.15) is 92.2 Å². The third-order valence-electron chi connectivity index (χ3n) is 5.29. The molecule has 0 saturated heterocycles. The molecule has 0 bridgehead atoms. The molecule has 0 aromatic heterocycles. The predicted octanol–water partition coefficient (Wildman–Crippen LogP) is 4.92. The number of hydrogen-bond donors (Lipinski definition) is 3. The number of amides is 3. The monoisotopic (exact) mass is 491 g/mol. The van der Waals surface area contributed by atoms with Crippen LogP contribution in [-0.2, 0) is 14.3 Å². The quantitative estimate of drug-likeness (QED) is 0.340. The maximum absolute atomic E-state index is 13.9. The molecule has 0 aliphatic heterocycles. The molecule has 0 aliphatic carbocycles. The zero-order valence-corrected chi connectivity index (χ0v) is 22.5. The van der Waals surface area contributed by atoms with E-state index in [9.17, 15) is 19.5 Å². The Bertz CT molecular complexity index is 802. The summed E-state index contributed by atoms with van der Waals surface area (Å²) in [6.07, 6.45) is 3.24. The van der Waals surface area contributed by atoms with Gasteiger partial charge in [-0.25, -0.2) is 4.79 Å². The summed E-state index contributed by atoms with van der Waals surface area (Å²) in [5, 5.41) is 15.5. The first-order valence-corrected chi connectivity index (χ1v) is 12.8. The summed E-state index contributed by atoms with van der Waals surface area (Å²) in [4.78, 5) is 41.3. The highest BCUT2D eigenvalue weighted by atomic mass is 16.6. The van der Waals surface area contributed by atoms with E-state index in [1.807, 2.05) is 20.8 Å². The number of aromatic hydroxyl groups is 1. The van der Waals surface area contributed by atoms with Gasteiger partial charge in [-0.1, -0.05) is 52.7 Å². The highest BCUT2D eigenvalue weighted by Crippen LogP contribution is 2.26. The molecule has 2 unspecified atom stereocenters. The number of unbranched alkanes of at least 4 members (excludes halogenated alkanes) is 2. The second-order valence-corrected chi connectivity index (χ2v) is 10.4. The van der Waals surface area contributed by atoms with Crippen molar-refractivity contribution in [3.05, 3.63) is 29.8 Å². The number of nitrogens with one attached hydrogen (secondary N) is 2. The maximum atomic E-state index is 13.9. The summed E-state index contributed by atoms with van der Waals surface area (Å²) in [6, 6.07) is 4.59. The molecule has 198 valence electrons. The SMILES string of the molecule is CCCCCNC(=O)C(c1ccc(O)cc1)N(CCC)C(=O)C(CC(C)C)NC(=O)OC(C)(C)C. The van der Waals surface area contributed by atoms with Gasteiger partial charge in [0.25, 0.3) is 0 Å². The number of benzene rings is 1. The fourth-order valence-electron chi connectivity index (χ4n) is 3.76. The van der Waals surface area contributed by atoms with Gasteiger partial charge in [0.05, 0.1) is 0 Å². The molecule has 1 aromatic rings. The van der Waals surface area contributed by atoms with Gasteiger partial charge in [-0.15, -0.1) is 0 Å². The first-order chi connectivity index (χ1) is 16.4. The third kappa shape index (κ3) is 11.0. The topological polar surface area (TPSA) is 108 Å². The molecular formula is C27H45N3O5. The normalized spacial score (nSPS) is 13.1. The lowest BCUT2D eigenvalue weighted by Crippen LogP contribution is -2.53. The van der Waals surface area contributed by atoms with Gasteiger partial charge in [-0.05, 0) is 63.6 Å². The number of alkyl carbamates (subject to hydrolysis) is 1. The Hall–Kier alpha value is -2.77. The minimum absolute atomic E-state index is 0.0773. The number of ether oxygens (including phenoxy) is 1. The molecule has 0 radical (unpaired) electrons. The van der Waals surface area contributed by atoms with Crippen molar-refractivity contribution < 1.29 is 24.2 Å². The second kappa shape index (κ2) is 14.6. The van der Waals surface area contributed by atoms with E-state index in [1.54, 1.807) is 32.9 Å². The standard InChI is InChI=1S/C27H45N3O5/c1-8-10-11-16-28-24(32)23(20-12-14-21(31)15-13-20)30(17-9-2)25(33)22(18-19(3)4)29-26(34)35-27(5,6)7/h12-15,19,22-23,31H,8-11,16-18H2,1-7H3,(H,28,32)(H,29,34). The zero-order chi connectivity index (χ0) is 26.6. The van der Waals surface area contributed by atoms with Crippen LogP contribution in [0.2, 0.25) is 0 Å². The average Bonchev–Trinajstić information content (AvgIpc) is 2.75. The summed E-state index contributed by atoms with van der Waals surface area (Å²) in [5.41, 5.74) is -0.107. The van der Waals surface area contributed by atoms with Crippen LogP contribution in [0.4, 0.5) is 4.79 Å². The summed E-state index contributed by atoms with van der Waals surface area (Å²) in [5.74, 6) is -0.423. The van der Waals surface area contributed by atoms with Crippen molar-refractivity contribution in [1.82, 2.24) is 15.5 Å². The van der Waals surface area contributed by atoms with E-state index in [4.69, 9.17) is 4.74 Å². The van der Waals surface area contributed by atoms with Gasteiger partial charge in [-0.2, -0.15) is 0 Å². The van der Waals surface area contributed by atoms with Crippen LogP contribution in [-0.4, -0.2) is 52.6 Å². The Kier molecular flexibility index (Phi) is 12.6. The highest BCUT2D eigenvalue weighted by Gasteiger charge is 2.36. The molecule has 8 heteroatoms. The van der Waals surface area contributed by atoms with Gasteiger partial charge in [0.2, 0.25) is 11.8 Å². The lowest BCUT2D eigenvalue weighted by molar-refractivity contribution is -0.142. The van der Waals surface area contributed by atoms with Crippen LogP contribution in [0.15, 0.2) is 24.3 Å². The molecule has 1 rings (SSSR count). The molecule has 0 saturated carbocycles. The van der Waals surface area contributed by atoms with Crippen molar-refractivity contribution in [3.63, 3.8) is 0 Å². The van der Waals surface area contributed by atoms with Crippen LogP contribution < -0.4 is 10.6 Å². The van der Waals surface area contributed by atoms with Crippen molar-refractivity contribution in [2.45, 2.75) is 98.3 Å². The Balaban J connectivity index is 3.32. The van der Waals surface area contributed by atoms with E-state index in [0.717, 1.165) is 19.3 Å². The molecule has 3 N–H and O–H groups in total. The Morgan fingerprint density at radius 2 is 1.66 bits per heavy atom. The first kappa shape index (κ1) is 30.3. The minimum Gasteiger partial charge on any atom is -0.508 e. The van der Waals surface area contributed by atoms with Crippen molar-refractivity contribution in [2.24, 2.45) is 5.92 Å². The van der Waals surface area contributed by atoms with E-state index >= 15 is 0 Å². The van der Waals surface area contributed by atoms with Gasteiger partial charge in [0.15, 0.2) is 0 Å². The van der Waals surface area contributed by atoms with Gasteiger partial charge in [0.1, 0.15) is 23.4 Å². The summed E-state index contributed by atoms with van der Waals surface area (Å²) in [6.45, 7) is 14.1. The van der Waals surface area contributed by atoms with E-state index in [2.05, 4.69) is 17.6 Å². The van der Waals surface area contributed by atoms with E-state index < -0.39 is 23.8 Å². The first-order valence-electron chi connectivity index (χ1n) is 12.8.